The number of carbonyl (C=O) groups is 2. The van der Waals surface area contributed by atoms with Crippen molar-refractivity contribution in [1.82, 2.24) is 24.7 Å². The van der Waals surface area contributed by atoms with Crippen molar-refractivity contribution in [2.75, 3.05) is 37.5 Å². The number of anilines is 2. The molecule has 0 radical (unpaired) electrons. The molecule has 5 aromatic rings. The van der Waals surface area contributed by atoms with Gasteiger partial charge in [0, 0.05) is 41.5 Å². The van der Waals surface area contributed by atoms with Crippen LogP contribution in [0.5, 0.6) is 5.75 Å². The fourth-order valence-corrected chi connectivity index (χ4v) is 5.86. The van der Waals surface area contributed by atoms with Crippen LogP contribution in [-0.2, 0) is 14.6 Å². The maximum atomic E-state index is 13.1. The summed E-state index contributed by atoms with van der Waals surface area (Å²) in [4.78, 5) is 33.9. The third-order valence-corrected chi connectivity index (χ3v) is 8.37. The Kier molecular flexibility index (Phi) is 8.51. The van der Waals surface area contributed by atoms with Gasteiger partial charge in [0.25, 0.3) is 5.91 Å². The molecule has 1 saturated heterocycles. The highest BCUT2D eigenvalue weighted by atomic mass is 32.2. The van der Waals surface area contributed by atoms with Crippen LogP contribution >= 0.6 is 0 Å². The Hall–Kier alpha value is -5.02. The van der Waals surface area contributed by atoms with Crippen molar-refractivity contribution >= 4 is 55.2 Å². The van der Waals surface area contributed by atoms with E-state index in [0.29, 0.717) is 44.9 Å². The molecule has 1 aliphatic rings. The average Bonchev–Trinajstić information content (AvgIpc) is 3.60. The lowest BCUT2D eigenvalue weighted by Crippen LogP contribution is -2.86. The van der Waals surface area contributed by atoms with Gasteiger partial charge in [0.2, 0.25) is 0 Å². The van der Waals surface area contributed by atoms with E-state index in [1.54, 1.807) is 24.3 Å². The summed E-state index contributed by atoms with van der Waals surface area (Å²) in [7, 11) is -1.84. The standard InChI is InChI=1S/C27H28N8O4S.C2H4O2/c1-39-22-13-15(24-23-25(28)30-14-31-26(23)35(34-24)17-7-9-29-10-8-17)3-5-20(22)33-27(36)21-12-16-11-18(40(2,37)38)4-6-19(16)32-21;1-2(3)4/h3-6,11-14,17,29,32H,7-10H2,1-2H3,(H,33,36)(H2,28,30,31);1H3,(H,3,4). The van der Waals surface area contributed by atoms with E-state index in [0.717, 1.165) is 44.7 Å². The number of aromatic nitrogens is 5. The number of carboxylic acid groups (broad SMARTS) is 1. The van der Waals surface area contributed by atoms with E-state index in [4.69, 9.17) is 25.5 Å². The molecule has 6 N–H and O–H groups in total. The van der Waals surface area contributed by atoms with Crippen molar-refractivity contribution in [3.63, 3.8) is 0 Å². The molecule has 44 heavy (non-hydrogen) atoms. The quantitative estimate of drug-likeness (QED) is 0.210. The Labute approximate surface area is 252 Å². The Balaban J connectivity index is 0.000000906. The van der Waals surface area contributed by atoms with Crippen LogP contribution in [0.1, 0.15) is 36.3 Å². The molecule has 0 bridgehead atoms. The molecular formula is C29H32N8O6S. The first-order valence-corrected chi connectivity index (χ1v) is 15.7. The summed E-state index contributed by atoms with van der Waals surface area (Å²) in [5.41, 5.74) is 9.79. The smallest absolute Gasteiger partial charge is 0.272 e. The topological polar surface area (TPSA) is 215 Å². The lowest BCUT2D eigenvalue weighted by Gasteiger charge is -2.21. The van der Waals surface area contributed by atoms with E-state index in [9.17, 15) is 13.2 Å². The number of carboxylic acids is 1. The Morgan fingerprint density at radius 2 is 1.86 bits per heavy atom. The summed E-state index contributed by atoms with van der Waals surface area (Å²) in [6.45, 7) is 3.03. The van der Waals surface area contributed by atoms with Gasteiger partial charge in [0.15, 0.2) is 15.5 Å². The second-order valence-corrected chi connectivity index (χ2v) is 12.4. The van der Waals surface area contributed by atoms with Crippen molar-refractivity contribution in [1.29, 1.82) is 0 Å². The van der Waals surface area contributed by atoms with Gasteiger partial charge in [-0.3, -0.25) is 4.79 Å². The normalized spacial score (nSPS) is 13.8. The second-order valence-electron chi connectivity index (χ2n) is 10.4. The number of nitrogens with two attached hydrogens (primary N) is 2. The minimum absolute atomic E-state index is 0.186. The highest BCUT2D eigenvalue weighted by Gasteiger charge is 2.25. The van der Waals surface area contributed by atoms with Crippen molar-refractivity contribution in [2.45, 2.75) is 30.7 Å². The summed E-state index contributed by atoms with van der Waals surface area (Å²) in [6.07, 6.45) is 4.57. The van der Waals surface area contributed by atoms with Gasteiger partial charge < -0.3 is 36.0 Å². The number of nitrogens with one attached hydrogen (secondary N) is 2. The number of nitrogen functional groups attached to an aromatic ring is 1. The van der Waals surface area contributed by atoms with E-state index in [-0.39, 0.29) is 16.6 Å². The van der Waals surface area contributed by atoms with Gasteiger partial charge in [0.05, 0.1) is 42.2 Å². The molecule has 6 rings (SSSR count). The van der Waals surface area contributed by atoms with Gasteiger partial charge in [-0.25, -0.2) is 23.1 Å². The summed E-state index contributed by atoms with van der Waals surface area (Å²) in [5.74, 6) is -0.695. The minimum Gasteiger partial charge on any atom is -0.550 e. The van der Waals surface area contributed by atoms with Gasteiger partial charge in [-0.05, 0) is 43.3 Å². The van der Waals surface area contributed by atoms with Crippen LogP contribution in [0.15, 0.2) is 53.7 Å². The summed E-state index contributed by atoms with van der Waals surface area (Å²) in [5, 5.41) is 20.3. The van der Waals surface area contributed by atoms with Crippen molar-refractivity contribution in [3.8, 4) is 17.0 Å². The minimum atomic E-state index is -3.37. The number of amides is 1. The number of H-pyrrole nitrogens is 1. The number of carbonyl (C=O) groups excluding carboxylic acids is 2. The zero-order valence-corrected chi connectivity index (χ0v) is 25.1. The average molecular weight is 621 g/mol. The summed E-state index contributed by atoms with van der Waals surface area (Å²) >= 11 is 0. The largest absolute Gasteiger partial charge is 0.550 e. The molecule has 1 amide bonds. The molecule has 14 nitrogen and oxygen atoms in total. The number of nitrogens with zero attached hydrogens (tertiary/aromatic N) is 4. The zero-order chi connectivity index (χ0) is 31.6. The van der Waals surface area contributed by atoms with E-state index in [1.807, 2.05) is 10.7 Å². The monoisotopic (exact) mass is 620 g/mol. The fraction of sp³-hybridized carbons (Fsp3) is 0.276. The lowest BCUT2D eigenvalue weighted by molar-refractivity contribution is -0.664. The van der Waals surface area contributed by atoms with Crippen LogP contribution in [0, 0.1) is 0 Å². The molecule has 3 aromatic heterocycles. The van der Waals surface area contributed by atoms with Crippen molar-refractivity contribution < 1.29 is 33.2 Å². The third kappa shape index (κ3) is 6.33. The highest BCUT2D eigenvalue weighted by molar-refractivity contribution is 7.90. The first kappa shape index (κ1) is 30.4. The molecule has 15 heteroatoms. The van der Waals surface area contributed by atoms with E-state index < -0.39 is 21.7 Å². The van der Waals surface area contributed by atoms with E-state index in [1.165, 1.54) is 25.6 Å². The van der Waals surface area contributed by atoms with Gasteiger partial charge in [-0.2, -0.15) is 5.10 Å². The van der Waals surface area contributed by atoms with Gasteiger partial charge in [0.1, 0.15) is 29.3 Å². The molecular weight excluding hydrogens is 588 g/mol. The lowest BCUT2D eigenvalue weighted by atomic mass is 10.1. The molecule has 230 valence electrons. The van der Waals surface area contributed by atoms with E-state index >= 15 is 0 Å². The van der Waals surface area contributed by atoms with Crippen LogP contribution in [0.25, 0.3) is 33.2 Å². The SMILES string of the molecule is CC(=O)[O-].COc1cc(-c2nn(C3CC[NH2+]CC3)c3ncnc(N)c23)ccc1NC(=O)c1cc2cc(S(C)(=O)=O)ccc2[nH]1. The van der Waals surface area contributed by atoms with Gasteiger partial charge in [-0.15, -0.1) is 0 Å². The predicted octanol–water partition coefficient (Wildman–Crippen LogP) is 0.876. The Morgan fingerprint density at radius 3 is 2.55 bits per heavy atom. The number of piperidine rings is 1. The molecule has 4 heterocycles. The van der Waals surface area contributed by atoms with Crippen LogP contribution in [0.2, 0.25) is 0 Å². The molecule has 1 aliphatic heterocycles. The highest BCUT2D eigenvalue weighted by Crippen LogP contribution is 2.37. The molecule has 0 saturated carbocycles. The van der Waals surface area contributed by atoms with Crippen molar-refractivity contribution in [3.05, 3.63) is 54.5 Å². The molecule has 0 unspecified atom stereocenters. The number of aromatic amines is 1. The molecule has 1 fully saturated rings. The number of ether oxygens (including phenoxy) is 1. The molecule has 0 atom stereocenters. The summed E-state index contributed by atoms with van der Waals surface area (Å²) in [6, 6.07) is 11.9. The maximum Gasteiger partial charge on any atom is 0.272 e. The number of benzene rings is 2. The fourth-order valence-electron chi connectivity index (χ4n) is 5.20. The first-order valence-electron chi connectivity index (χ1n) is 13.8. The maximum absolute atomic E-state index is 13.1. The van der Waals surface area contributed by atoms with Gasteiger partial charge >= 0.3 is 0 Å². The van der Waals surface area contributed by atoms with Gasteiger partial charge in [-0.1, -0.05) is 6.07 Å². The number of quaternary nitrogens is 1. The zero-order valence-electron chi connectivity index (χ0n) is 24.3. The van der Waals surface area contributed by atoms with Crippen LogP contribution < -0.4 is 26.2 Å². The molecule has 0 aliphatic carbocycles. The summed E-state index contributed by atoms with van der Waals surface area (Å²) < 4.78 is 31.4. The van der Waals surface area contributed by atoms with E-state index in [2.05, 4.69) is 25.6 Å². The number of rotatable bonds is 6. The number of hydrogen-bond donors (Lipinski definition) is 4. The van der Waals surface area contributed by atoms with Crippen LogP contribution in [-0.4, -0.2) is 71.5 Å². The van der Waals surface area contributed by atoms with Crippen LogP contribution in [0.4, 0.5) is 11.5 Å². The predicted molar refractivity (Wildman–Crippen MR) is 162 cm³/mol. The second kappa shape index (κ2) is 12.3. The molecule has 0 spiro atoms. The third-order valence-electron chi connectivity index (χ3n) is 7.26. The number of sulfone groups is 1. The number of aliphatic carboxylic acids is 1. The number of methoxy groups -OCH3 is 1. The van der Waals surface area contributed by atoms with Crippen molar-refractivity contribution in [2.24, 2.45) is 0 Å². The molecule has 2 aromatic carbocycles. The Morgan fingerprint density at radius 1 is 1.14 bits per heavy atom. The Bertz CT molecular complexity index is 1970. The number of fused-ring (bicyclic) bond motifs is 2. The van der Waals surface area contributed by atoms with Crippen LogP contribution in [0.3, 0.4) is 0 Å². The first-order chi connectivity index (χ1) is 21.0. The number of hydrogen-bond acceptors (Lipinski definition) is 10.